The highest BCUT2D eigenvalue weighted by Crippen LogP contribution is 2.22. The van der Waals surface area contributed by atoms with Crippen molar-refractivity contribution in [2.75, 3.05) is 7.11 Å². The molecule has 0 aliphatic carbocycles. The van der Waals surface area contributed by atoms with E-state index in [0.717, 1.165) is 11.5 Å². The van der Waals surface area contributed by atoms with E-state index in [1.165, 1.54) is 5.56 Å². The van der Waals surface area contributed by atoms with E-state index in [9.17, 15) is 5.11 Å². The summed E-state index contributed by atoms with van der Waals surface area (Å²) in [7, 11) is 1.67. The van der Waals surface area contributed by atoms with Crippen molar-refractivity contribution >= 4 is 11.8 Å². The van der Waals surface area contributed by atoms with Gasteiger partial charge in [0, 0.05) is 11.0 Å². The van der Waals surface area contributed by atoms with Crippen molar-refractivity contribution in [2.24, 2.45) is 0 Å². The highest BCUT2D eigenvalue weighted by atomic mass is 32.2. The Balaban J connectivity index is 2.50. The van der Waals surface area contributed by atoms with Gasteiger partial charge in [0.1, 0.15) is 5.75 Å². The Morgan fingerprint density at radius 1 is 1.40 bits per heavy atom. The van der Waals surface area contributed by atoms with Gasteiger partial charge in [-0.05, 0) is 24.6 Å². The average molecular weight is 226 g/mol. The van der Waals surface area contributed by atoms with Crippen molar-refractivity contribution in [3.05, 3.63) is 29.8 Å². The van der Waals surface area contributed by atoms with Gasteiger partial charge in [0.05, 0.1) is 13.2 Å². The molecule has 0 bridgehead atoms. The lowest BCUT2D eigenvalue weighted by molar-refractivity contribution is 0.196. The van der Waals surface area contributed by atoms with E-state index in [0.29, 0.717) is 0 Å². The number of aliphatic hydroxyl groups excluding tert-OH is 1. The molecule has 0 aliphatic rings. The van der Waals surface area contributed by atoms with Crippen LogP contribution in [0.1, 0.15) is 19.4 Å². The Bertz CT molecular complexity index is 299. The molecule has 15 heavy (non-hydrogen) atoms. The van der Waals surface area contributed by atoms with Crippen LogP contribution in [0, 0.1) is 0 Å². The summed E-state index contributed by atoms with van der Waals surface area (Å²) < 4.78 is 5.15. The summed E-state index contributed by atoms with van der Waals surface area (Å²) in [6, 6.07) is 8.03. The van der Waals surface area contributed by atoms with Crippen LogP contribution in [0.2, 0.25) is 0 Å². The van der Waals surface area contributed by atoms with E-state index in [-0.39, 0.29) is 11.4 Å². The normalized spacial score (nSPS) is 14.7. The first kappa shape index (κ1) is 12.4. The van der Waals surface area contributed by atoms with Crippen molar-refractivity contribution in [1.29, 1.82) is 0 Å². The monoisotopic (exact) mass is 226 g/mol. The minimum atomic E-state index is -0.263. The van der Waals surface area contributed by atoms with Gasteiger partial charge in [-0.2, -0.15) is 11.8 Å². The van der Waals surface area contributed by atoms with Crippen LogP contribution in [0.3, 0.4) is 0 Å². The van der Waals surface area contributed by atoms with Crippen LogP contribution in [-0.4, -0.2) is 23.6 Å². The van der Waals surface area contributed by atoms with Crippen molar-refractivity contribution < 1.29 is 9.84 Å². The predicted molar refractivity (Wildman–Crippen MR) is 65.4 cm³/mol. The van der Waals surface area contributed by atoms with E-state index in [1.807, 2.05) is 32.0 Å². The fourth-order valence-corrected chi connectivity index (χ4v) is 2.04. The van der Waals surface area contributed by atoms with Gasteiger partial charge in [0.2, 0.25) is 0 Å². The molecule has 1 N–H and O–H groups in total. The molecular formula is C12H18O2S. The number of hydrogen-bond donors (Lipinski definition) is 1. The Hall–Kier alpha value is -0.670. The van der Waals surface area contributed by atoms with Crippen LogP contribution in [0.5, 0.6) is 5.75 Å². The predicted octanol–water partition coefficient (Wildman–Crippen LogP) is 2.70. The quantitative estimate of drug-likeness (QED) is 0.837. The molecule has 0 aliphatic heterocycles. The Morgan fingerprint density at radius 2 is 2.13 bits per heavy atom. The second-order valence-corrected chi connectivity index (χ2v) is 4.97. The largest absolute Gasteiger partial charge is 0.497 e. The first-order chi connectivity index (χ1) is 7.13. The molecule has 1 rings (SSSR count). The topological polar surface area (TPSA) is 29.5 Å². The van der Waals surface area contributed by atoms with E-state index < -0.39 is 0 Å². The Labute approximate surface area is 95.7 Å². The van der Waals surface area contributed by atoms with Crippen LogP contribution in [-0.2, 0) is 5.75 Å². The molecule has 0 radical (unpaired) electrons. The SMILES string of the molecule is COc1cccc(CS[C@H](C)[C@@H](C)O)c1. The lowest BCUT2D eigenvalue weighted by Crippen LogP contribution is -2.15. The van der Waals surface area contributed by atoms with Crippen molar-refractivity contribution in [2.45, 2.75) is 31.0 Å². The van der Waals surface area contributed by atoms with Gasteiger partial charge in [-0.25, -0.2) is 0 Å². The summed E-state index contributed by atoms with van der Waals surface area (Å²) in [6.45, 7) is 3.86. The molecule has 1 aromatic carbocycles. The van der Waals surface area contributed by atoms with Crippen LogP contribution in [0.25, 0.3) is 0 Å². The second kappa shape index (κ2) is 6.03. The van der Waals surface area contributed by atoms with Crippen LogP contribution >= 0.6 is 11.8 Å². The van der Waals surface area contributed by atoms with Crippen molar-refractivity contribution in [1.82, 2.24) is 0 Å². The number of ether oxygens (including phenoxy) is 1. The molecule has 0 saturated heterocycles. The van der Waals surface area contributed by atoms with Gasteiger partial charge in [-0.1, -0.05) is 19.1 Å². The molecule has 0 spiro atoms. The summed E-state index contributed by atoms with van der Waals surface area (Å²) in [5.41, 5.74) is 1.23. The van der Waals surface area contributed by atoms with Crippen LogP contribution in [0.15, 0.2) is 24.3 Å². The standard InChI is InChI=1S/C12H18O2S/c1-9(13)10(2)15-8-11-5-4-6-12(7-11)14-3/h4-7,9-10,13H,8H2,1-3H3/t9-,10-/m1/s1. The number of hydrogen-bond acceptors (Lipinski definition) is 3. The zero-order chi connectivity index (χ0) is 11.3. The zero-order valence-electron chi connectivity index (χ0n) is 9.43. The van der Waals surface area contributed by atoms with E-state index in [2.05, 4.69) is 6.07 Å². The third kappa shape index (κ3) is 4.14. The smallest absolute Gasteiger partial charge is 0.119 e. The highest BCUT2D eigenvalue weighted by molar-refractivity contribution is 7.99. The molecule has 0 unspecified atom stereocenters. The van der Waals surface area contributed by atoms with E-state index in [4.69, 9.17) is 4.74 Å². The van der Waals surface area contributed by atoms with E-state index >= 15 is 0 Å². The number of aliphatic hydroxyl groups is 1. The zero-order valence-corrected chi connectivity index (χ0v) is 10.3. The Kier molecular flexibility index (Phi) is 4.99. The van der Waals surface area contributed by atoms with Gasteiger partial charge < -0.3 is 9.84 Å². The summed E-state index contributed by atoms with van der Waals surface area (Å²) in [5.74, 6) is 1.79. The van der Waals surface area contributed by atoms with Gasteiger partial charge in [-0.3, -0.25) is 0 Å². The molecule has 2 nitrogen and oxygen atoms in total. The first-order valence-electron chi connectivity index (χ1n) is 5.06. The Morgan fingerprint density at radius 3 is 2.73 bits per heavy atom. The minimum absolute atomic E-state index is 0.260. The summed E-state index contributed by atoms with van der Waals surface area (Å²) >= 11 is 1.75. The molecule has 0 heterocycles. The third-order valence-electron chi connectivity index (χ3n) is 2.33. The molecule has 0 amide bonds. The second-order valence-electron chi connectivity index (χ2n) is 3.61. The van der Waals surface area contributed by atoms with Gasteiger partial charge in [0.15, 0.2) is 0 Å². The number of benzene rings is 1. The van der Waals surface area contributed by atoms with Crippen LogP contribution < -0.4 is 4.74 Å². The maximum Gasteiger partial charge on any atom is 0.119 e. The molecule has 0 saturated carbocycles. The van der Waals surface area contributed by atoms with Gasteiger partial charge in [-0.15, -0.1) is 0 Å². The first-order valence-corrected chi connectivity index (χ1v) is 6.11. The number of thioether (sulfide) groups is 1. The maximum absolute atomic E-state index is 9.35. The van der Waals surface area contributed by atoms with Gasteiger partial charge >= 0.3 is 0 Å². The van der Waals surface area contributed by atoms with Crippen molar-refractivity contribution in [3.8, 4) is 5.75 Å². The maximum atomic E-state index is 9.35. The summed E-state index contributed by atoms with van der Waals surface area (Å²) in [6.07, 6.45) is -0.263. The summed E-state index contributed by atoms with van der Waals surface area (Å²) in [4.78, 5) is 0. The average Bonchev–Trinajstić information content (AvgIpc) is 2.26. The lowest BCUT2D eigenvalue weighted by Gasteiger charge is -2.14. The number of rotatable bonds is 5. The van der Waals surface area contributed by atoms with Crippen molar-refractivity contribution in [3.63, 3.8) is 0 Å². The molecule has 0 fully saturated rings. The lowest BCUT2D eigenvalue weighted by atomic mass is 10.2. The van der Waals surface area contributed by atoms with Gasteiger partial charge in [0.25, 0.3) is 0 Å². The molecule has 2 atom stereocenters. The third-order valence-corrected chi connectivity index (χ3v) is 3.75. The molecule has 1 aromatic rings. The highest BCUT2D eigenvalue weighted by Gasteiger charge is 2.09. The van der Waals surface area contributed by atoms with E-state index in [1.54, 1.807) is 18.9 Å². The molecule has 0 aromatic heterocycles. The fraction of sp³-hybridized carbons (Fsp3) is 0.500. The fourth-order valence-electron chi connectivity index (χ4n) is 1.13. The molecule has 84 valence electrons. The molecular weight excluding hydrogens is 208 g/mol. The summed E-state index contributed by atoms with van der Waals surface area (Å²) in [5, 5.41) is 9.61. The van der Waals surface area contributed by atoms with Crippen LogP contribution in [0.4, 0.5) is 0 Å². The molecule has 3 heteroatoms. The minimum Gasteiger partial charge on any atom is -0.497 e. The number of methoxy groups -OCH3 is 1.